The maximum Gasteiger partial charge on any atom is 0.0415 e. The monoisotopic (exact) mass is 341 g/mol. The summed E-state index contributed by atoms with van der Waals surface area (Å²) in [5, 5.41) is 7.77. The molecule has 0 unspecified atom stereocenters. The molecule has 23 heavy (non-hydrogen) atoms. The first-order chi connectivity index (χ1) is 11.2. The minimum absolute atomic E-state index is 0.729. The van der Waals surface area contributed by atoms with Crippen LogP contribution in [-0.4, -0.2) is 6.26 Å². The van der Waals surface area contributed by atoms with E-state index in [0.717, 1.165) is 34.7 Å². The van der Waals surface area contributed by atoms with Crippen LogP contribution in [0.1, 0.15) is 5.56 Å². The highest BCUT2D eigenvalue weighted by Crippen LogP contribution is 2.33. The predicted molar refractivity (Wildman–Crippen MR) is 104 cm³/mol. The van der Waals surface area contributed by atoms with Crippen molar-refractivity contribution < 1.29 is 0 Å². The number of thioether (sulfide) groups is 1. The molecule has 0 aliphatic carbocycles. The largest absolute Gasteiger partial charge is 0.399 e. The van der Waals surface area contributed by atoms with Crippen LogP contribution in [-0.2, 0) is 6.54 Å². The summed E-state index contributed by atoms with van der Waals surface area (Å²) in [6, 6.07) is 14.1. The third-order valence-corrected chi connectivity index (χ3v) is 5.18. The van der Waals surface area contributed by atoms with Crippen molar-refractivity contribution in [1.82, 2.24) is 0 Å². The minimum atomic E-state index is 0.729. The van der Waals surface area contributed by atoms with E-state index >= 15 is 0 Å². The molecule has 1 heterocycles. The molecule has 0 saturated carbocycles. The molecule has 5 N–H and O–H groups in total. The number of nitrogens with one attached hydrogen (secondary N) is 1. The fraction of sp³-hybridized carbons (Fsp3) is 0.111. The van der Waals surface area contributed by atoms with Crippen molar-refractivity contribution in [3.8, 4) is 11.1 Å². The van der Waals surface area contributed by atoms with E-state index in [1.54, 1.807) is 23.1 Å². The van der Waals surface area contributed by atoms with Crippen LogP contribution in [0.25, 0.3) is 11.1 Å². The van der Waals surface area contributed by atoms with E-state index in [-0.39, 0.29) is 0 Å². The van der Waals surface area contributed by atoms with Gasteiger partial charge in [-0.25, -0.2) is 0 Å². The topological polar surface area (TPSA) is 64.1 Å². The summed E-state index contributed by atoms with van der Waals surface area (Å²) in [5.74, 6) is 0. The van der Waals surface area contributed by atoms with Gasteiger partial charge in [0.1, 0.15) is 0 Å². The van der Waals surface area contributed by atoms with Gasteiger partial charge >= 0.3 is 0 Å². The molecular formula is C18H19N3S2. The van der Waals surface area contributed by atoms with Gasteiger partial charge in [0.25, 0.3) is 0 Å². The van der Waals surface area contributed by atoms with Crippen LogP contribution in [0.4, 0.5) is 17.1 Å². The lowest BCUT2D eigenvalue weighted by molar-refractivity contribution is 1.16. The van der Waals surface area contributed by atoms with Gasteiger partial charge in [0.2, 0.25) is 0 Å². The van der Waals surface area contributed by atoms with Crippen LogP contribution in [0.2, 0.25) is 0 Å². The maximum absolute atomic E-state index is 6.12. The van der Waals surface area contributed by atoms with Crippen molar-refractivity contribution in [2.24, 2.45) is 0 Å². The molecule has 0 aliphatic rings. The normalized spacial score (nSPS) is 10.7. The second kappa shape index (κ2) is 6.98. The summed E-state index contributed by atoms with van der Waals surface area (Å²) in [6.07, 6.45) is 2.08. The number of anilines is 3. The molecule has 5 heteroatoms. The summed E-state index contributed by atoms with van der Waals surface area (Å²) >= 11 is 3.42. The lowest BCUT2D eigenvalue weighted by Crippen LogP contribution is -2.00. The minimum Gasteiger partial charge on any atom is -0.399 e. The highest BCUT2D eigenvalue weighted by atomic mass is 32.2. The Morgan fingerprint density at radius 3 is 2.74 bits per heavy atom. The number of nitrogens with two attached hydrogens (primary N) is 2. The second-order valence-electron chi connectivity index (χ2n) is 5.24. The Balaban J connectivity index is 1.82. The van der Waals surface area contributed by atoms with Crippen LogP contribution in [0.3, 0.4) is 0 Å². The first kappa shape index (κ1) is 15.8. The van der Waals surface area contributed by atoms with Crippen LogP contribution >= 0.6 is 23.1 Å². The van der Waals surface area contributed by atoms with E-state index in [1.165, 1.54) is 10.5 Å². The van der Waals surface area contributed by atoms with E-state index in [0.29, 0.717) is 0 Å². The summed E-state index contributed by atoms with van der Waals surface area (Å²) in [7, 11) is 0. The van der Waals surface area contributed by atoms with E-state index in [9.17, 15) is 0 Å². The summed E-state index contributed by atoms with van der Waals surface area (Å²) in [5.41, 5.74) is 18.0. The van der Waals surface area contributed by atoms with Crippen molar-refractivity contribution in [3.05, 3.63) is 58.8 Å². The Morgan fingerprint density at radius 2 is 1.91 bits per heavy atom. The average molecular weight is 342 g/mol. The van der Waals surface area contributed by atoms with Crippen LogP contribution in [0.15, 0.2) is 58.1 Å². The zero-order chi connectivity index (χ0) is 16.2. The Bertz CT molecular complexity index is 812. The van der Waals surface area contributed by atoms with Crippen LogP contribution in [0, 0.1) is 0 Å². The van der Waals surface area contributed by atoms with E-state index < -0.39 is 0 Å². The van der Waals surface area contributed by atoms with Crippen molar-refractivity contribution in [3.63, 3.8) is 0 Å². The number of thiophene rings is 1. The molecular weight excluding hydrogens is 322 g/mol. The third-order valence-electron chi connectivity index (χ3n) is 3.66. The Hall–Kier alpha value is -2.11. The maximum atomic E-state index is 6.12. The SMILES string of the molecule is CSc1cccc(NCc2cscc2-c2cc(N)ccc2N)c1. The van der Waals surface area contributed by atoms with Gasteiger partial charge < -0.3 is 16.8 Å². The molecule has 0 saturated heterocycles. The van der Waals surface area contributed by atoms with E-state index in [4.69, 9.17) is 11.5 Å². The molecule has 0 spiro atoms. The number of nitrogen functional groups attached to an aromatic ring is 2. The molecule has 0 fully saturated rings. The van der Waals surface area contributed by atoms with Gasteiger partial charge in [-0.3, -0.25) is 0 Å². The zero-order valence-electron chi connectivity index (χ0n) is 12.9. The molecule has 3 rings (SSSR count). The third kappa shape index (κ3) is 3.63. The Morgan fingerprint density at radius 1 is 1.04 bits per heavy atom. The van der Waals surface area contributed by atoms with E-state index in [1.807, 2.05) is 18.2 Å². The quantitative estimate of drug-likeness (QED) is 0.455. The number of rotatable bonds is 5. The number of hydrogen-bond donors (Lipinski definition) is 3. The molecule has 3 nitrogen and oxygen atoms in total. The second-order valence-corrected chi connectivity index (χ2v) is 6.87. The van der Waals surface area contributed by atoms with Crippen LogP contribution in [0.5, 0.6) is 0 Å². The first-order valence-corrected chi connectivity index (χ1v) is 9.42. The average Bonchev–Trinajstić information content (AvgIpc) is 3.03. The van der Waals surface area contributed by atoms with Crippen molar-refractivity contribution in [2.45, 2.75) is 11.4 Å². The van der Waals surface area contributed by atoms with Gasteiger partial charge in [0.15, 0.2) is 0 Å². The summed E-state index contributed by atoms with van der Waals surface area (Å²) in [6.45, 7) is 0.755. The lowest BCUT2D eigenvalue weighted by Gasteiger charge is -2.11. The molecule has 0 radical (unpaired) electrons. The standard InChI is InChI=1S/C18H19N3S2/c1-22-15-4-2-3-14(8-15)21-9-12-10-23-11-17(12)16-7-13(19)5-6-18(16)20/h2-8,10-11,21H,9,19-20H2,1H3. The smallest absolute Gasteiger partial charge is 0.0415 e. The van der Waals surface area contributed by atoms with Crippen molar-refractivity contribution in [2.75, 3.05) is 23.0 Å². The van der Waals surface area contributed by atoms with Gasteiger partial charge in [0, 0.05) is 34.1 Å². The van der Waals surface area contributed by atoms with Crippen molar-refractivity contribution in [1.29, 1.82) is 0 Å². The highest BCUT2D eigenvalue weighted by molar-refractivity contribution is 7.98. The van der Waals surface area contributed by atoms with Crippen LogP contribution < -0.4 is 16.8 Å². The van der Waals surface area contributed by atoms with Gasteiger partial charge in [-0.1, -0.05) is 6.07 Å². The molecule has 0 bridgehead atoms. The first-order valence-electron chi connectivity index (χ1n) is 7.25. The molecule has 118 valence electrons. The fourth-order valence-electron chi connectivity index (χ4n) is 2.43. The molecule has 1 aromatic heterocycles. The number of hydrogen-bond acceptors (Lipinski definition) is 5. The molecule has 3 aromatic rings. The van der Waals surface area contributed by atoms with Gasteiger partial charge in [0.05, 0.1) is 0 Å². The summed E-state index contributed by atoms with van der Waals surface area (Å²) in [4.78, 5) is 1.25. The molecule has 0 aliphatic heterocycles. The molecule has 0 atom stereocenters. The molecule has 0 amide bonds. The van der Waals surface area contributed by atoms with Gasteiger partial charge in [-0.15, -0.1) is 11.8 Å². The Labute approximate surface area is 144 Å². The molecule has 2 aromatic carbocycles. The Kier molecular flexibility index (Phi) is 4.79. The van der Waals surface area contributed by atoms with Gasteiger partial charge in [-0.05, 0) is 64.5 Å². The zero-order valence-corrected chi connectivity index (χ0v) is 14.5. The van der Waals surface area contributed by atoms with Crippen molar-refractivity contribution >= 4 is 40.2 Å². The summed E-state index contributed by atoms with van der Waals surface area (Å²) < 4.78 is 0. The highest BCUT2D eigenvalue weighted by Gasteiger charge is 2.10. The van der Waals surface area contributed by atoms with Gasteiger partial charge in [-0.2, -0.15) is 11.3 Å². The van der Waals surface area contributed by atoms with E-state index in [2.05, 4.69) is 46.6 Å². The number of benzene rings is 2. The predicted octanol–water partition coefficient (Wildman–Crippen LogP) is 4.91. The fourth-order valence-corrected chi connectivity index (χ4v) is 3.75. The lowest BCUT2D eigenvalue weighted by atomic mass is 10.0.